The van der Waals surface area contributed by atoms with Gasteiger partial charge in [-0.3, -0.25) is 0 Å². The second kappa shape index (κ2) is 30.4. The number of ether oxygens (including phenoxy) is 8. The molecule has 4 fully saturated rings. The largest absolute Gasteiger partial charge is 0.394 e. The minimum atomic E-state index is -1.84. The molecule has 1 aromatic rings. The smallest absolute Gasteiger partial charge is 0.187 e. The molecule has 21 atom stereocenters. The van der Waals surface area contributed by atoms with E-state index in [4.69, 9.17) is 37.9 Å². The maximum absolute atomic E-state index is 11.5. The number of aliphatic hydroxyl groups excluding tert-OH is 13. The van der Waals surface area contributed by atoms with E-state index in [1.807, 2.05) is 18.2 Å². The van der Waals surface area contributed by atoms with E-state index in [9.17, 15) is 66.4 Å². The minimum Gasteiger partial charge on any atom is -0.394 e. The van der Waals surface area contributed by atoms with Crippen LogP contribution in [0.4, 0.5) is 0 Å². The predicted molar refractivity (Wildman–Crippen MR) is 255 cm³/mol. The SMILES string of the molecule is CCCCCCCC(CCCCCCC)(CCC(CO[C@H]1OC(CO)[C@@H](O[C@H]2OC(CO)[C@@H](C)C(O)[C@@H]2O)C(O)[C@@H]1O)CO[C@H]1OC(CO)[C@@H](O[C@H]2OC(CO)[C@@H](O)C(O)[C@@H]2O)C(O)[C@@H]1O)c1ccccc1. The summed E-state index contributed by atoms with van der Waals surface area (Å²) < 4.78 is 47.2. The number of rotatable bonds is 30. The monoisotopic (exact) mass is 1040 g/mol. The lowest BCUT2D eigenvalue weighted by molar-refractivity contribution is -0.361. The van der Waals surface area contributed by atoms with Gasteiger partial charge in [0.25, 0.3) is 0 Å². The van der Waals surface area contributed by atoms with E-state index < -0.39 is 155 Å². The van der Waals surface area contributed by atoms with E-state index in [2.05, 4.69) is 26.0 Å². The summed E-state index contributed by atoms with van der Waals surface area (Å²) in [5, 5.41) is 139. The lowest BCUT2D eigenvalue weighted by atomic mass is 9.68. The lowest BCUT2D eigenvalue weighted by Crippen LogP contribution is -2.64. The highest BCUT2D eigenvalue weighted by molar-refractivity contribution is 5.25. The summed E-state index contributed by atoms with van der Waals surface area (Å²) in [7, 11) is 0. The van der Waals surface area contributed by atoms with Crippen molar-refractivity contribution >= 4 is 0 Å². The Labute approximate surface area is 423 Å². The molecule has 21 heteroatoms. The van der Waals surface area contributed by atoms with Gasteiger partial charge in [-0.25, -0.2) is 0 Å². The predicted octanol–water partition coefficient (Wildman–Crippen LogP) is -0.402. The van der Waals surface area contributed by atoms with Crippen LogP contribution in [0, 0.1) is 11.8 Å². The van der Waals surface area contributed by atoms with Crippen molar-refractivity contribution in [2.45, 2.75) is 233 Å². The van der Waals surface area contributed by atoms with Crippen molar-refractivity contribution in [3.63, 3.8) is 0 Å². The van der Waals surface area contributed by atoms with Crippen molar-refractivity contribution in [2.24, 2.45) is 11.8 Å². The van der Waals surface area contributed by atoms with Gasteiger partial charge in [0, 0.05) is 11.8 Å². The quantitative estimate of drug-likeness (QED) is 0.0436. The van der Waals surface area contributed by atoms with E-state index in [1.54, 1.807) is 6.92 Å². The van der Waals surface area contributed by atoms with Crippen LogP contribution >= 0.6 is 0 Å². The molecule has 13 N–H and O–H groups in total. The number of hydrogen-bond donors (Lipinski definition) is 13. The summed E-state index contributed by atoms with van der Waals surface area (Å²) in [4.78, 5) is 0. The second-order valence-electron chi connectivity index (χ2n) is 20.4. The molecule has 4 saturated heterocycles. The second-order valence-corrected chi connectivity index (χ2v) is 20.4. The molecule has 72 heavy (non-hydrogen) atoms. The maximum Gasteiger partial charge on any atom is 0.187 e. The van der Waals surface area contributed by atoms with Gasteiger partial charge in [-0.15, -0.1) is 0 Å². The fourth-order valence-corrected chi connectivity index (χ4v) is 10.5. The van der Waals surface area contributed by atoms with Crippen LogP contribution in [0.25, 0.3) is 0 Å². The van der Waals surface area contributed by atoms with E-state index >= 15 is 0 Å². The van der Waals surface area contributed by atoms with Crippen LogP contribution in [-0.2, 0) is 43.3 Å². The van der Waals surface area contributed by atoms with Crippen LogP contribution in [0.2, 0.25) is 0 Å². The van der Waals surface area contributed by atoms with Crippen LogP contribution < -0.4 is 0 Å². The molecular formula is C51H88O21. The topological polar surface area (TPSA) is 337 Å². The Balaban J connectivity index is 1.37. The third kappa shape index (κ3) is 15.8. The number of aliphatic hydroxyl groups is 13. The van der Waals surface area contributed by atoms with Crippen LogP contribution in [0.3, 0.4) is 0 Å². The van der Waals surface area contributed by atoms with Gasteiger partial charge in [0.2, 0.25) is 0 Å². The Kier molecular flexibility index (Phi) is 25.8. The van der Waals surface area contributed by atoms with E-state index in [-0.39, 0.29) is 18.6 Å². The summed E-state index contributed by atoms with van der Waals surface area (Å²) in [5.41, 5.74) is 0.939. The highest BCUT2D eigenvalue weighted by Crippen LogP contribution is 2.42. The number of benzene rings is 1. The van der Waals surface area contributed by atoms with Gasteiger partial charge in [-0.1, -0.05) is 115 Å². The first-order valence-corrected chi connectivity index (χ1v) is 26.4. The van der Waals surface area contributed by atoms with Crippen molar-refractivity contribution in [3.05, 3.63) is 35.9 Å². The van der Waals surface area contributed by atoms with Gasteiger partial charge in [-0.05, 0) is 36.7 Å². The zero-order valence-corrected chi connectivity index (χ0v) is 42.2. The number of unbranched alkanes of at least 4 members (excludes halogenated alkanes) is 8. The molecule has 418 valence electrons. The zero-order chi connectivity index (χ0) is 52.5. The summed E-state index contributed by atoms with van der Waals surface area (Å²) in [6.07, 6.45) is -15.9. The highest BCUT2D eigenvalue weighted by Gasteiger charge is 2.53. The molecule has 4 heterocycles. The fourth-order valence-electron chi connectivity index (χ4n) is 10.5. The molecule has 0 radical (unpaired) electrons. The zero-order valence-electron chi connectivity index (χ0n) is 42.2. The molecule has 1 aromatic carbocycles. The normalized spacial score (nSPS) is 38.2. The Bertz CT molecular complexity index is 1520. The highest BCUT2D eigenvalue weighted by atomic mass is 16.8. The molecule has 9 unspecified atom stereocenters. The van der Waals surface area contributed by atoms with Gasteiger partial charge < -0.3 is 104 Å². The molecule has 0 aromatic heterocycles. The molecule has 4 aliphatic heterocycles. The lowest BCUT2D eigenvalue weighted by Gasteiger charge is -2.46. The first-order valence-electron chi connectivity index (χ1n) is 26.4. The Morgan fingerprint density at radius 3 is 1.33 bits per heavy atom. The molecule has 0 bridgehead atoms. The third-order valence-electron chi connectivity index (χ3n) is 15.2. The standard InChI is InChI=1S/C51H88O21/c1-4-6-8-10-15-20-51(21-16-11-9-7-5-2,31-17-13-12-14-18-31)22-19-30(27-65-47-43(63)39(59)45(34(25-54)69-47)71-49-41(61)36(56)29(3)32(23-52)67-49)28-66-48-44(64)40(60)46(35(26-55)70-48)72-50-42(62)38(58)37(57)33(24-53)68-50/h12-14,17-18,29-30,32-50,52-64H,4-11,15-16,19-28H2,1-3H3/t29-,30?,32?,33?,34?,35?,36?,37-,38?,39?,40?,41+,42+,43+,44+,45-,46-,47+,48+,49-,50-/m1/s1. The summed E-state index contributed by atoms with van der Waals surface area (Å²) in [5.74, 6) is -1.21. The van der Waals surface area contributed by atoms with Crippen molar-refractivity contribution in [1.29, 1.82) is 0 Å². The number of hydrogen-bond acceptors (Lipinski definition) is 21. The summed E-state index contributed by atoms with van der Waals surface area (Å²) >= 11 is 0. The maximum atomic E-state index is 11.5. The average molecular weight is 1040 g/mol. The van der Waals surface area contributed by atoms with E-state index in [1.165, 1.54) is 5.56 Å². The van der Waals surface area contributed by atoms with Crippen LogP contribution in [-0.4, -0.2) is 223 Å². The minimum absolute atomic E-state index is 0.166. The summed E-state index contributed by atoms with van der Waals surface area (Å²) in [6, 6.07) is 10.4. The van der Waals surface area contributed by atoms with Crippen molar-refractivity contribution < 1.29 is 104 Å². The van der Waals surface area contributed by atoms with Crippen LogP contribution in [0.15, 0.2) is 30.3 Å². The van der Waals surface area contributed by atoms with Crippen LogP contribution in [0.5, 0.6) is 0 Å². The van der Waals surface area contributed by atoms with E-state index in [0.29, 0.717) is 12.8 Å². The van der Waals surface area contributed by atoms with Gasteiger partial charge in [0.05, 0.1) is 51.8 Å². The molecule has 21 nitrogen and oxygen atoms in total. The molecule has 0 saturated carbocycles. The fraction of sp³-hybridized carbons (Fsp3) is 0.882. The van der Waals surface area contributed by atoms with Gasteiger partial charge in [0.1, 0.15) is 79.4 Å². The van der Waals surface area contributed by atoms with Crippen LogP contribution in [0.1, 0.15) is 116 Å². The van der Waals surface area contributed by atoms with Crippen molar-refractivity contribution in [2.75, 3.05) is 39.6 Å². The first-order chi connectivity index (χ1) is 34.6. The van der Waals surface area contributed by atoms with Gasteiger partial charge in [0.15, 0.2) is 25.2 Å². The van der Waals surface area contributed by atoms with Crippen molar-refractivity contribution in [1.82, 2.24) is 0 Å². The van der Waals surface area contributed by atoms with Gasteiger partial charge in [-0.2, -0.15) is 0 Å². The Morgan fingerprint density at radius 1 is 0.458 bits per heavy atom. The molecule has 4 aliphatic rings. The molecule has 5 rings (SSSR count). The Morgan fingerprint density at radius 2 is 0.875 bits per heavy atom. The molecular weight excluding hydrogens is 949 g/mol. The third-order valence-corrected chi connectivity index (χ3v) is 15.2. The molecule has 0 aliphatic carbocycles. The average Bonchev–Trinajstić information content (AvgIpc) is 3.39. The summed E-state index contributed by atoms with van der Waals surface area (Å²) in [6.45, 7) is 2.86. The van der Waals surface area contributed by atoms with E-state index in [0.717, 1.165) is 77.0 Å². The molecule has 0 spiro atoms. The Hall–Kier alpha value is -1.62. The molecule has 0 amide bonds. The van der Waals surface area contributed by atoms with Gasteiger partial charge >= 0.3 is 0 Å². The van der Waals surface area contributed by atoms with Crippen molar-refractivity contribution in [3.8, 4) is 0 Å². The first kappa shape index (κ1) is 61.2.